The molecule has 238 valence electrons. The van der Waals surface area contributed by atoms with Crippen molar-refractivity contribution in [3.05, 3.63) is 82.3 Å². The van der Waals surface area contributed by atoms with Crippen molar-refractivity contribution >= 4 is 44.3 Å². The third kappa shape index (κ3) is 6.74. The summed E-state index contributed by atoms with van der Waals surface area (Å²) in [6.45, 7) is 6.24. The van der Waals surface area contributed by atoms with Crippen molar-refractivity contribution in [2.75, 3.05) is 11.4 Å². The van der Waals surface area contributed by atoms with E-state index in [4.69, 9.17) is 0 Å². The van der Waals surface area contributed by atoms with E-state index in [1.54, 1.807) is 11.8 Å². The maximum Gasteiger partial charge on any atom is 0.249 e. The Balaban J connectivity index is 1.27. The number of aromatic nitrogens is 5. The Morgan fingerprint density at radius 1 is 1.13 bits per heavy atom. The average molecular weight is 686 g/mol. The number of fused-ring (bicyclic) bond motifs is 2. The van der Waals surface area contributed by atoms with Gasteiger partial charge in [0.15, 0.2) is 5.82 Å². The van der Waals surface area contributed by atoms with Crippen LogP contribution >= 0.6 is 15.9 Å². The molecular formula is C34H37BrN8O3. The predicted molar refractivity (Wildman–Crippen MR) is 181 cm³/mol. The molecule has 5 N–H and O–H groups in total. The molecule has 46 heavy (non-hydrogen) atoms. The van der Waals surface area contributed by atoms with Gasteiger partial charge in [-0.1, -0.05) is 48.5 Å². The van der Waals surface area contributed by atoms with E-state index >= 15 is 0 Å². The number of tetrazole rings is 1. The van der Waals surface area contributed by atoms with Crippen LogP contribution in [0.5, 0.6) is 0 Å². The zero-order valence-electron chi connectivity index (χ0n) is 26.0. The van der Waals surface area contributed by atoms with Crippen LogP contribution in [0, 0.1) is 0 Å². The van der Waals surface area contributed by atoms with Gasteiger partial charge in [0.25, 0.3) is 0 Å². The average Bonchev–Trinajstić information content (AvgIpc) is 3.66. The lowest BCUT2D eigenvalue weighted by Gasteiger charge is -2.29. The molecule has 0 saturated heterocycles. The largest absolute Gasteiger partial charge is 0.392 e. The summed E-state index contributed by atoms with van der Waals surface area (Å²) in [5.74, 6) is 0.219. The minimum absolute atomic E-state index is 0.142. The number of anilines is 1. The van der Waals surface area contributed by atoms with Crippen molar-refractivity contribution in [1.29, 1.82) is 0 Å². The first kappa shape index (κ1) is 31.6. The Morgan fingerprint density at radius 3 is 2.65 bits per heavy atom. The summed E-state index contributed by atoms with van der Waals surface area (Å²) >= 11 is 3.83. The van der Waals surface area contributed by atoms with Crippen LogP contribution in [0.3, 0.4) is 0 Å². The summed E-state index contributed by atoms with van der Waals surface area (Å²) in [5.41, 5.74) is 5.96. The number of nitrogens with one attached hydrogen (secondary N) is 4. The molecule has 11 nitrogen and oxygen atoms in total. The fraction of sp³-hybridized carbons (Fsp3) is 0.324. The van der Waals surface area contributed by atoms with Gasteiger partial charge in [-0.15, -0.1) is 5.10 Å². The van der Waals surface area contributed by atoms with Crippen LogP contribution < -0.4 is 15.5 Å². The van der Waals surface area contributed by atoms with E-state index < -0.39 is 17.7 Å². The number of aliphatic hydroxyl groups is 1. The lowest BCUT2D eigenvalue weighted by Crippen LogP contribution is -2.51. The quantitative estimate of drug-likeness (QED) is 0.141. The second-order valence-electron chi connectivity index (χ2n) is 12.5. The van der Waals surface area contributed by atoms with Crippen LogP contribution in [-0.2, 0) is 22.6 Å². The number of H-pyrrole nitrogens is 2. The topological polar surface area (TPSA) is 152 Å². The van der Waals surface area contributed by atoms with E-state index in [-0.39, 0.29) is 18.2 Å². The van der Waals surface area contributed by atoms with Gasteiger partial charge in [-0.05, 0) is 89.3 Å². The first-order valence-corrected chi connectivity index (χ1v) is 16.1. The minimum Gasteiger partial charge on any atom is -0.392 e. The Bertz CT molecular complexity index is 1870. The van der Waals surface area contributed by atoms with Crippen LogP contribution in [-0.4, -0.2) is 66.8 Å². The maximum absolute atomic E-state index is 14.1. The number of rotatable bonds is 10. The smallest absolute Gasteiger partial charge is 0.249 e. The van der Waals surface area contributed by atoms with Gasteiger partial charge in [-0.2, -0.15) is 0 Å². The highest BCUT2D eigenvalue weighted by Crippen LogP contribution is 2.39. The Hall–Kier alpha value is -4.39. The molecule has 5 aromatic rings. The Kier molecular flexibility index (Phi) is 9.03. The number of amides is 2. The van der Waals surface area contributed by atoms with Gasteiger partial charge in [-0.3, -0.25) is 9.59 Å². The normalized spacial score (nSPS) is 15.9. The van der Waals surface area contributed by atoms with Crippen LogP contribution in [0.15, 0.2) is 71.2 Å². The van der Waals surface area contributed by atoms with Crippen molar-refractivity contribution in [1.82, 2.24) is 36.2 Å². The number of aryl methyl sites for hydroxylation is 1. The molecule has 0 aliphatic carbocycles. The standard InChI is InChI=1S/C34H37BrN8O3/c1-20(44)18-36-34(2,3)17-29(45)37-27-15-13-22-8-4-7-11-28(22)43(33(27)46)19-21-12-14-26-25(16-21)30(35)31(38-26)23-9-5-6-10-24(23)32-39-41-42-40-32/h4-12,14,16,20,27,36,38,44H,13,15,17-19H2,1-3H3,(H,37,45)(H,39,40,41,42)/t20-,27-/m1/s1. The molecule has 3 heterocycles. The number of carbonyl (C=O) groups is 2. The Morgan fingerprint density at radius 2 is 1.89 bits per heavy atom. The molecule has 0 unspecified atom stereocenters. The van der Waals surface area contributed by atoms with Crippen LogP contribution in [0.2, 0.25) is 0 Å². The summed E-state index contributed by atoms with van der Waals surface area (Å²) in [6.07, 6.45) is 0.820. The zero-order chi connectivity index (χ0) is 32.4. The van der Waals surface area contributed by atoms with Crippen molar-refractivity contribution in [2.45, 2.75) is 64.3 Å². The minimum atomic E-state index is -0.663. The van der Waals surface area contributed by atoms with Crippen LogP contribution in [0.1, 0.15) is 44.7 Å². The number of hydrogen-bond donors (Lipinski definition) is 5. The first-order chi connectivity index (χ1) is 22.1. The number of β-amino-alcohol motifs (C(OH)–C–C–N with tert-alkyl or cyclic N) is 1. The van der Waals surface area contributed by atoms with E-state index in [9.17, 15) is 14.7 Å². The molecule has 0 radical (unpaired) electrons. The fourth-order valence-electron chi connectivity index (χ4n) is 6.00. The summed E-state index contributed by atoms with van der Waals surface area (Å²) in [4.78, 5) is 32.6. The number of nitrogens with zero attached hydrogens (tertiary/aromatic N) is 4. The number of hydrogen-bond acceptors (Lipinski definition) is 7. The first-order valence-electron chi connectivity index (χ1n) is 15.3. The van der Waals surface area contributed by atoms with E-state index in [1.165, 1.54) is 0 Å². The molecule has 0 fully saturated rings. The lowest BCUT2D eigenvalue weighted by atomic mass is 9.99. The number of aliphatic hydroxyl groups excluding tert-OH is 1. The van der Waals surface area contributed by atoms with Gasteiger partial charge in [-0.25, -0.2) is 5.10 Å². The third-order valence-corrected chi connectivity index (χ3v) is 9.12. The summed E-state index contributed by atoms with van der Waals surface area (Å²) < 4.78 is 0.892. The van der Waals surface area contributed by atoms with E-state index in [0.29, 0.717) is 31.8 Å². The molecule has 2 atom stereocenters. The molecule has 0 saturated carbocycles. The zero-order valence-corrected chi connectivity index (χ0v) is 27.6. The molecule has 1 aliphatic rings. The van der Waals surface area contributed by atoms with E-state index in [1.807, 2.05) is 74.5 Å². The molecule has 2 amide bonds. The molecular weight excluding hydrogens is 648 g/mol. The summed E-state index contributed by atoms with van der Waals surface area (Å²) in [7, 11) is 0. The van der Waals surface area contributed by atoms with Gasteiger partial charge >= 0.3 is 0 Å². The van der Waals surface area contributed by atoms with E-state index in [0.717, 1.165) is 49.0 Å². The molecule has 6 rings (SSSR count). The summed E-state index contributed by atoms with van der Waals surface area (Å²) in [5, 5.41) is 31.3. The maximum atomic E-state index is 14.1. The Labute approximate surface area is 275 Å². The molecule has 0 spiro atoms. The number of benzene rings is 3. The molecule has 2 aromatic heterocycles. The highest BCUT2D eigenvalue weighted by Gasteiger charge is 2.33. The molecule has 3 aromatic carbocycles. The van der Waals surface area contributed by atoms with Crippen LogP contribution in [0.4, 0.5) is 5.69 Å². The summed E-state index contributed by atoms with van der Waals surface area (Å²) in [6, 6.07) is 21.3. The van der Waals surface area contributed by atoms with Gasteiger partial charge in [0, 0.05) is 46.2 Å². The highest BCUT2D eigenvalue weighted by atomic mass is 79.9. The fourth-order valence-corrected chi connectivity index (χ4v) is 6.64. The third-order valence-electron chi connectivity index (χ3n) is 8.30. The van der Waals surface area contributed by atoms with E-state index in [2.05, 4.69) is 58.2 Å². The van der Waals surface area contributed by atoms with Gasteiger partial charge in [0.1, 0.15) is 6.04 Å². The molecule has 12 heteroatoms. The van der Waals surface area contributed by atoms with Crippen molar-refractivity contribution in [3.8, 4) is 22.6 Å². The van der Waals surface area contributed by atoms with Crippen molar-refractivity contribution in [3.63, 3.8) is 0 Å². The van der Waals surface area contributed by atoms with Gasteiger partial charge in [0.2, 0.25) is 11.8 Å². The lowest BCUT2D eigenvalue weighted by molar-refractivity contribution is -0.128. The van der Waals surface area contributed by atoms with Gasteiger partial charge in [0.05, 0.1) is 22.8 Å². The second-order valence-corrected chi connectivity index (χ2v) is 13.3. The van der Waals surface area contributed by atoms with Gasteiger partial charge < -0.3 is 25.6 Å². The predicted octanol–water partition coefficient (Wildman–Crippen LogP) is 4.88. The number of para-hydroxylation sites is 1. The number of carbonyl (C=O) groups excluding carboxylic acids is 2. The van der Waals surface area contributed by atoms with Crippen LogP contribution in [0.25, 0.3) is 33.5 Å². The molecule has 0 bridgehead atoms. The monoisotopic (exact) mass is 684 g/mol. The molecule has 1 aliphatic heterocycles. The van der Waals surface area contributed by atoms with Crippen molar-refractivity contribution in [2.24, 2.45) is 0 Å². The highest BCUT2D eigenvalue weighted by molar-refractivity contribution is 9.10. The SMILES string of the molecule is C[C@@H](O)CNC(C)(C)CC(=O)N[C@@H]1CCc2ccccc2N(Cc2ccc3[nH]c(-c4ccccc4-c4nnn[nH]4)c(Br)c3c2)C1=O. The number of halogens is 1. The van der Waals surface area contributed by atoms with Crippen molar-refractivity contribution < 1.29 is 14.7 Å². The second kappa shape index (κ2) is 13.1. The number of aromatic amines is 2.